The summed E-state index contributed by atoms with van der Waals surface area (Å²) in [7, 11) is 0. The Morgan fingerprint density at radius 2 is 1.08 bits per heavy atom. The van der Waals surface area contributed by atoms with Gasteiger partial charge in [-0.25, -0.2) is 13.6 Å². The summed E-state index contributed by atoms with van der Waals surface area (Å²) in [6.45, 7) is 15.8. The van der Waals surface area contributed by atoms with E-state index in [0.717, 1.165) is 95.2 Å². The Morgan fingerprint density at radius 3 is 1.53 bits per heavy atom. The Labute approximate surface area is 386 Å². The molecule has 2 aliphatic heterocycles. The van der Waals surface area contributed by atoms with Gasteiger partial charge in [0.1, 0.15) is 40.7 Å². The molecule has 0 atom stereocenters. The van der Waals surface area contributed by atoms with E-state index >= 15 is 0 Å². The van der Waals surface area contributed by atoms with Gasteiger partial charge in [-0.05, 0) is 163 Å². The number of likely N-dealkylation sites (tertiary alicyclic amines) is 2. The van der Waals surface area contributed by atoms with E-state index in [-0.39, 0.29) is 22.8 Å². The van der Waals surface area contributed by atoms with E-state index < -0.39 is 11.6 Å². The predicted octanol–water partition coefficient (Wildman–Crippen LogP) is 8.94. The van der Waals surface area contributed by atoms with Crippen molar-refractivity contribution in [3.63, 3.8) is 0 Å². The van der Waals surface area contributed by atoms with Crippen LogP contribution >= 0.6 is 0 Å². The number of rotatable bonds is 22. The van der Waals surface area contributed by atoms with Crippen LogP contribution < -0.4 is 30.4 Å². The smallest absolute Gasteiger partial charge is 0.187 e. The number of amidine groups is 2. The fourth-order valence-corrected chi connectivity index (χ4v) is 8.00. The molecule has 0 bridgehead atoms. The van der Waals surface area contributed by atoms with E-state index in [1.54, 1.807) is 36.4 Å². The zero-order valence-electron chi connectivity index (χ0n) is 37.5. The number of hydrogen-bond donors (Lipinski definition) is 4. The van der Waals surface area contributed by atoms with Gasteiger partial charge in [0.05, 0.1) is 44.1 Å². The van der Waals surface area contributed by atoms with Gasteiger partial charge in [0.25, 0.3) is 0 Å². The molecule has 0 amide bonds. The summed E-state index contributed by atoms with van der Waals surface area (Å²) in [5, 5.41) is 31.9. The second-order valence-electron chi connectivity index (χ2n) is 16.5. The van der Waals surface area contributed by atoms with E-state index in [0.29, 0.717) is 55.1 Å². The first kappa shape index (κ1) is 50.4. The number of oxime groups is 2. The van der Waals surface area contributed by atoms with Crippen LogP contribution in [0.5, 0.6) is 23.0 Å². The van der Waals surface area contributed by atoms with Crippen molar-refractivity contribution in [2.45, 2.75) is 64.2 Å². The lowest BCUT2D eigenvalue weighted by atomic mass is 9.92. The van der Waals surface area contributed by atoms with Crippen molar-refractivity contribution >= 4 is 17.4 Å². The fourth-order valence-electron chi connectivity index (χ4n) is 8.00. The number of benzene rings is 4. The Balaban J connectivity index is 0.000000249. The molecule has 2 fully saturated rings. The number of nitriles is 1. The van der Waals surface area contributed by atoms with Gasteiger partial charge in [-0.15, -0.1) is 0 Å². The van der Waals surface area contributed by atoms with Gasteiger partial charge in [0.2, 0.25) is 0 Å². The number of nitrogens with zero attached hydrogens (tertiary/aromatic N) is 6. The second kappa shape index (κ2) is 27.6. The highest BCUT2D eigenvalue weighted by molar-refractivity contribution is 5.97. The summed E-state index contributed by atoms with van der Waals surface area (Å²) < 4.78 is 50.4. The lowest BCUT2D eigenvalue weighted by Gasteiger charge is -2.32. The maximum Gasteiger partial charge on any atom is 0.187 e. The van der Waals surface area contributed by atoms with Crippen LogP contribution in [-0.2, 0) is 0 Å². The molecule has 6 N–H and O–H groups in total. The van der Waals surface area contributed by atoms with Crippen LogP contribution in [-0.4, -0.2) is 97.6 Å². The Bertz CT molecular complexity index is 2220. The first-order valence-corrected chi connectivity index (χ1v) is 22.7. The van der Waals surface area contributed by atoms with Crippen molar-refractivity contribution in [3.8, 4) is 29.1 Å². The molecule has 0 spiro atoms. The number of hydrogen-bond acceptors (Lipinski definition) is 11. The number of halogens is 2. The van der Waals surface area contributed by atoms with Crippen LogP contribution in [0.25, 0.3) is 4.85 Å². The average Bonchev–Trinajstić information content (AvgIpc) is 3.35. The Kier molecular flexibility index (Phi) is 21.1. The summed E-state index contributed by atoms with van der Waals surface area (Å²) in [5.74, 6) is 2.60. The third-order valence-corrected chi connectivity index (χ3v) is 11.8. The molecule has 4 aromatic rings. The SMILES string of the molecule is N/C(=N\O)c1ccc(OCCCN2CCC(CCCOc3ccc(/C(N)=N/O)c(F)c3)CC2)cc1.[C-]#[N+]c1ccc(OCCCN2CCC(CCCOc3ccc(C#N)c(F)c3)CC2)cc1. The Morgan fingerprint density at radius 1 is 0.636 bits per heavy atom. The minimum atomic E-state index is -0.577. The zero-order valence-corrected chi connectivity index (χ0v) is 37.5. The molecule has 0 aromatic heterocycles. The molecule has 66 heavy (non-hydrogen) atoms. The summed E-state index contributed by atoms with van der Waals surface area (Å²) in [4.78, 5) is 8.35. The molecule has 2 aliphatic rings. The highest BCUT2D eigenvalue weighted by Crippen LogP contribution is 2.25. The summed E-state index contributed by atoms with van der Waals surface area (Å²) in [5.41, 5.74) is 12.4. The van der Waals surface area contributed by atoms with Crippen molar-refractivity contribution in [2.24, 2.45) is 33.6 Å². The minimum absolute atomic E-state index is 0.0425. The molecular formula is C50H62F2N8O6. The van der Waals surface area contributed by atoms with Crippen LogP contribution in [0, 0.1) is 41.4 Å². The Hall–Kier alpha value is -6.62. The first-order chi connectivity index (χ1) is 32.2. The van der Waals surface area contributed by atoms with Crippen LogP contribution in [0.3, 0.4) is 0 Å². The van der Waals surface area contributed by atoms with Gasteiger partial charge in [-0.2, -0.15) is 5.26 Å². The lowest BCUT2D eigenvalue weighted by Crippen LogP contribution is -2.35. The normalized spacial score (nSPS) is 15.2. The van der Waals surface area contributed by atoms with Gasteiger partial charge in [0.15, 0.2) is 17.4 Å². The highest BCUT2D eigenvalue weighted by atomic mass is 19.1. The van der Waals surface area contributed by atoms with Crippen molar-refractivity contribution in [1.82, 2.24) is 9.80 Å². The van der Waals surface area contributed by atoms with Crippen LogP contribution in [0.1, 0.15) is 80.9 Å². The molecule has 352 valence electrons. The molecule has 14 nitrogen and oxygen atoms in total. The molecule has 2 saturated heterocycles. The van der Waals surface area contributed by atoms with Gasteiger partial charge in [-0.3, -0.25) is 0 Å². The van der Waals surface area contributed by atoms with Crippen molar-refractivity contribution in [2.75, 3.05) is 65.7 Å². The van der Waals surface area contributed by atoms with E-state index in [4.69, 9.17) is 52.7 Å². The summed E-state index contributed by atoms with van der Waals surface area (Å²) in [6.07, 6.45) is 10.7. The number of piperidine rings is 2. The van der Waals surface area contributed by atoms with E-state index in [1.807, 2.05) is 30.3 Å². The average molecular weight is 909 g/mol. The third-order valence-electron chi connectivity index (χ3n) is 11.8. The molecule has 2 heterocycles. The molecular weight excluding hydrogens is 847 g/mol. The topological polar surface area (TPSA) is 189 Å². The monoisotopic (exact) mass is 908 g/mol. The van der Waals surface area contributed by atoms with Gasteiger partial charge in [-0.1, -0.05) is 22.4 Å². The van der Waals surface area contributed by atoms with Crippen molar-refractivity contribution < 1.29 is 38.1 Å². The maximum absolute atomic E-state index is 14.0. The predicted molar refractivity (Wildman–Crippen MR) is 250 cm³/mol. The third kappa shape index (κ3) is 17.1. The summed E-state index contributed by atoms with van der Waals surface area (Å²) in [6, 6.07) is 24.9. The summed E-state index contributed by atoms with van der Waals surface area (Å²) >= 11 is 0. The van der Waals surface area contributed by atoms with E-state index in [9.17, 15) is 8.78 Å². The molecule has 6 rings (SSSR count). The number of nitrogens with two attached hydrogens (primary N) is 2. The van der Waals surface area contributed by atoms with Gasteiger partial charge < -0.3 is 50.6 Å². The second-order valence-corrected chi connectivity index (χ2v) is 16.5. The molecule has 4 aromatic carbocycles. The molecule has 0 radical (unpaired) electrons. The molecule has 0 unspecified atom stereocenters. The van der Waals surface area contributed by atoms with Crippen molar-refractivity contribution in [1.29, 1.82) is 5.26 Å². The van der Waals surface area contributed by atoms with E-state index in [1.165, 1.54) is 49.9 Å². The quantitative estimate of drug-likeness (QED) is 0.0147. The molecule has 0 aliphatic carbocycles. The molecule has 16 heteroatoms. The maximum atomic E-state index is 14.0. The lowest BCUT2D eigenvalue weighted by molar-refractivity contribution is 0.161. The fraction of sp³-hybridized carbons (Fsp3) is 0.440. The standard InChI is InChI=1S/C25H34FN5O4.C25H28FN3O2/c26-23-17-21(8-9-22(23)25(28)30-33)35-15-1-3-18-10-13-31(14-11-18)12-2-16-34-20-6-4-19(5-7-20)24(27)29-32;1-28-22-6-9-23(10-7-22)30-17-3-13-29-14-11-20(12-15-29)4-2-16-31-24-8-5-21(19-27)25(26)18-24/h4-9,17-18,32-33H,1-3,10-16H2,(H2,27,29)(H2,28,30);5-10,18,20H,2-4,11-17H2. The van der Waals surface area contributed by atoms with Crippen LogP contribution in [0.15, 0.2) is 95.2 Å². The van der Waals surface area contributed by atoms with Gasteiger partial charge >= 0.3 is 0 Å². The molecule has 0 saturated carbocycles. The number of ether oxygens (including phenoxy) is 4. The first-order valence-electron chi connectivity index (χ1n) is 22.7. The van der Waals surface area contributed by atoms with Crippen LogP contribution in [0.4, 0.5) is 14.5 Å². The van der Waals surface area contributed by atoms with Crippen LogP contribution in [0.2, 0.25) is 0 Å². The largest absolute Gasteiger partial charge is 0.494 e. The minimum Gasteiger partial charge on any atom is -0.494 e. The highest BCUT2D eigenvalue weighted by Gasteiger charge is 2.20. The van der Waals surface area contributed by atoms with Crippen molar-refractivity contribution in [3.05, 3.63) is 125 Å². The zero-order chi connectivity index (χ0) is 46.9. The van der Waals surface area contributed by atoms with Gasteiger partial charge in [0, 0.05) is 30.8 Å². The van der Waals surface area contributed by atoms with E-state index in [2.05, 4.69) is 25.0 Å².